The monoisotopic (exact) mass is 525 g/mol. The Kier molecular flexibility index (Phi) is 6.43. The van der Waals surface area contributed by atoms with Crippen molar-refractivity contribution in [3.05, 3.63) is 65.5 Å². The second-order valence-corrected chi connectivity index (χ2v) is 8.79. The fourth-order valence-electron chi connectivity index (χ4n) is 4.04. The van der Waals surface area contributed by atoms with E-state index < -0.39 is 17.8 Å². The fraction of sp³-hybridized carbons (Fsp3) is 0.280. The first-order chi connectivity index (χ1) is 18.2. The number of halogens is 3. The van der Waals surface area contributed by atoms with Crippen LogP contribution in [0, 0.1) is 0 Å². The second-order valence-electron chi connectivity index (χ2n) is 8.79. The number of carboxylic acid groups (broad SMARTS) is 1. The summed E-state index contributed by atoms with van der Waals surface area (Å²) in [6.45, 7) is 0.198. The first kappa shape index (κ1) is 25.1. The third-order valence-electron chi connectivity index (χ3n) is 6.08. The standard InChI is InChI=1S/C25H22F3N7O3/c1-35-11-17(25(26,27)28)33-22(35)15-5-3-13(4-6-15)9-29-20-16(24(36)37)10-30-21(34-20)18-19(14-7-8-14)31-12-32-23(18)38-2/h3-6,10-12,14H,7-9H2,1-2H3,(H,36,37)(H,29,30,34). The van der Waals surface area contributed by atoms with Crippen LogP contribution in [0.1, 0.15) is 46.1 Å². The molecule has 1 saturated carbocycles. The third-order valence-corrected chi connectivity index (χ3v) is 6.08. The quantitative estimate of drug-likeness (QED) is 0.340. The summed E-state index contributed by atoms with van der Waals surface area (Å²) in [4.78, 5) is 32.8. The molecule has 1 fully saturated rings. The molecule has 10 nitrogen and oxygen atoms in total. The van der Waals surface area contributed by atoms with Gasteiger partial charge in [0.2, 0.25) is 5.88 Å². The Balaban J connectivity index is 1.41. The van der Waals surface area contributed by atoms with Gasteiger partial charge in [-0.3, -0.25) is 0 Å². The number of hydrogen-bond donors (Lipinski definition) is 2. The van der Waals surface area contributed by atoms with E-state index in [1.807, 2.05) is 0 Å². The van der Waals surface area contributed by atoms with Crippen molar-refractivity contribution in [3.63, 3.8) is 0 Å². The van der Waals surface area contributed by atoms with Gasteiger partial charge in [-0.25, -0.2) is 29.7 Å². The SMILES string of the molecule is COc1ncnc(C2CC2)c1-c1ncc(C(=O)O)c(NCc2ccc(-c3nc(C(F)(F)F)cn3C)cc2)n1. The number of methoxy groups -OCH3 is 1. The Labute approximate surface area is 214 Å². The van der Waals surface area contributed by atoms with Gasteiger partial charge in [-0.2, -0.15) is 13.2 Å². The van der Waals surface area contributed by atoms with E-state index in [0.717, 1.165) is 30.3 Å². The van der Waals surface area contributed by atoms with Crippen molar-refractivity contribution in [1.82, 2.24) is 29.5 Å². The van der Waals surface area contributed by atoms with Crippen LogP contribution in [0.25, 0.3) is 22.8 Å². The molecule has 3 heterocycles. The van der Waals surface area contributed by atoms with E-state index >= 15 is 0 Å². The number of imidazole rings is 1. The molecule has 196 valence electrons. The summed E-state index contributed by atoms with van der Waals surface area (Å²) >= 11 is 0. The molecule has 0 amide bonds. The fourth-order valence-corrected chi connectivity index (χ4v) is 4.04. The Hall–Kier alpha value is -4.55. The summed E-state index contributed by atoms with van der Waals surface area (Å²) in [6.07, 6.45) is 0.978. The highest BCUT2D eigenvalue weighted by molar-refractivity contribution is 5.93. The average molecular weight is 525 g/mol. The summed E-state index contributed by atoms with van der Waals surface area (Å²) in [5, 5.41) is 12.7. The highest BCUT2D eigenvalue weighted by atomic mass is 19.4. The molecule has 1 aliphatic rings. The number of alkyl halides is 3. The van der Waals surface area contributed by atoms with Crippen LogP contribution in [0.15, 0.2) is 43.0 Å². The van der Waals surface area contributed by atoms with Crippen molar-refractivity contribution < 1.29 is 27.8 Å². The molecule has 0 aliphatic heterocycles. The minimum Gasteiger partial charge on any atom is -0.480 e. The molecular formula is C25H22F3N7O3. The number of aromatic carboxylic acids is 1. The lowest BCUT2D eigenvalue weighted by atomic mass is 10.1. The summed E-state index contributed by atoms with van der Waals surface area (Å²) < 4.78 is 45.7. The van der Waals surface area contributed by atoms with Gasteiger partial charge in [0, 0.05) is 37.5 Å². The second kappa shape index (κ2) is 9.72. The average Bonchev–Trinajstić information content (AvgIpc) is 3.67. The number of nitrogens with zero attached hydrogens (tertiary/aromatic N) is 6. The van der Waals surface area contributed by atoms with Crippen molar-refractivity contribution in [2.45, 2.75) is 31.5 Å². The number of anilines is 1. The molecule has 0 saturated heterocycles. The summed E-state index contributed by atoms with van der Waals surface area (Å²) in [6, 6.07) is 6.73. The van der Waals surface area contributed by atoms with Crippen LogP contribution in [-0.4, -0.2) is 47.7 Å². The Morgan fingerprint density at radius 1 is 1.16 bits per heavy atom. The van der Waals surface area contributed by atoms with Crippen molar-refractivity contribution >= 4 is 11.8 Å². The van der Waals surface area contributed by atoms with E-state index in [0.29, 0.717) is 17.0 Å². The maximum absolute atomic E-state index is 13.0. The van der Waals surface area contributed by atoms with Gasteiger partial charge < -0.3 is 19.7 Å². The van der Waals surface area contributed by atoms with Crippen LogP contribution >= 0.6 is 0 Å². The predicted octanol–water partition coefficient (Wildman–Crippen LogP) is 4.55. The molecule has 3 aromatic heterocycles. The largest absolute Gasteiger partial charge is 0.480 e. The molecule has 1 aromatic carbocycles. The number of carboxylic acids is 1. The molecule has 5 rings (SSSR count). The van der Waals surface area contributed by atoms with Crippen LogP contribution < -0.4 is 10.1 Å². The van der Waals surface area contributed by atoms with Crippen LogP contribution in [-0.2, 0) is 19.8 Å². The van der Waals surface area contributed by atoms with Crippen LogP contribution in [0.3, 0.4) is 0 Å². The van der Waals surface area contributed by atoms with Gasteiger partial charge in [0.25, 0.3) is 0 Å². The minimum absolute atomic E-state index is 0.0955. The number of carbonyl (C=O) groups is 1. The summed E-state index contributed by atoms with van der Waals surface area (Å²) in [5.74, 6) is -0.153. The molecule has 1 aliphatic carbocycles. The summed E-state index contributed by atoms with van der Waals surface area (Å²) in [7, 11) is 2.97. The van der Waals surface area contributed by atoms with E-state index in [4.69, 9.17) is 4.74 Å². The first-order valence-electron chi connectivity index (χ1n) is 11.6. The van der Waals surface area contributed by atoms with Gasteiger partial charge in [0.05, 0.1) is 12.8 Å². The molecular weight excluding hydrogens is 503 g/mol. The highest BCUT2D eigenvalue weighted by Gasteiger charge is 2.34. The minimum atomic E-state index is -4.53. The van der Waals surface area contributed by atoms with Gasteiger partial charge in [0.15, 0.2) is 11.5 Å². The van der Waals surface area contributed by atoms with E-state index in [-0.39, 0.29) is 35.5 Å². The normalized spacial score (nSPS) is 13.4. The Morgan fingerprint density at radius 2 is 1.89 bits per heavy atom. The van der Waals surface area contributed by atoms with Crippen molar-refractivity contribution in [2.75, 3.05) is 12.4 Å². The molecule has 4 aromatic rings. The zero-order valence-corrected chi connectivity index (χ0v) is 20.3. The van der Waals surface area contributed by atoms with Gasteiger partial charge >= 0.3 is 12.1 Å². The lowest BCUT2D eigenvalue weighted by molar-refractivity contribution is -0.140. The number of aryl methyl sites for hydroxylation is 1. The van der Waals surface area contributed by atoms with E-state index in [9.17, 15) is 23.1 Å². The molecule has 0 bridgehead atoms. The van der Waals surface area contributed by atoms with Gasteiger partial charge in [-0.1, -0.05) is 24.3 Å². The number of hydrogen-bond acceptors (Lipinski definition) is 8. The number of ether oxygens (including phenoxy) is 1. The van der Waals surface area contributed by atoms with Gasteiger partial charge in [-0.05, 0) is 18.4 Å². The topological polar surface area (TPSA) is 128 Å². The van der Waals surface area contributed by atoms with E-state index in [1.54, 1.807) is 24.3 Å². The zero-order valence-electron chi connectivity index (χ0n) is 20.3. The van der Waals surface area contributed by atoms with Crippen LogP contribution in [0.2, 0.25) is 0 Å². The number of rotatable bonds is 8. The summed E-state index contributed by atoms with van der Waals surface area (Å²) in [5.41, 5.74) is 1.44. The number of aromatic nitrogens is 6. The molecule has 13 heteroatoms. The Bertz CT molecular complexity index is 1500. The highest BCUT2D eigenvalue weighted by Crippen LogP contribution is 2.45. The molecule has 0 radical (unpaired) electrons. The van der Waals surface area contributed by atoms with Gasteiger partial charge in [0.1, 0.15) is 29.1 Å². The van der Waals surface area contributed by atoms with E-state index in [1.165, 1.54) is 31.2 Å². The van der Waals surface area contributed by atoms with E-state index in [2.05, 4.69) is 30.2 Å². The van der Waals surface area contributed by atoms with Crippen LogP contribution in [0.4, 0.5) is 19.0 Å². The molecule has 0 unspecified atom stereocenters. The molecule has 38 heavy (non-hydrogen) atoms. The maximum atomic E-state index is 13.0. The number of nitrogens with one attached hydrogen (secondary N) is 1. The van der Waals surface area contributed by atoms with Crippen molar-refractivity contribution in [3.8, 4) is 28.7 Å². The van der Waals surface area contributed by atoms with Crippen LogP contribution in [0.5, 0.6) is 5.88 Å². The molecule has 0 atom stereocenters. The lowest BCUT2D eigenvalue weighted by Crippen LogP contribution is -2.11. The third kappa shape index (κ3) is 4.99. The molecule has 2 N–H and O–H groups in total. The van der Waals surface area contributed by atoms with Crippen molar-refractivity contribution in [1.29, 1.82) is 0 Å². The van der Waals surface area contributed by atoms with Gasteiger partial charge in [-0.15, -0.1) is 0 Å². The Morgan fingerprint density at radius 3 is 2.50 bits per heavy atom. The van der Waals surface area contributed by atoms with Crippen molar-refractivity contribution in [2.24, 2.45) is 7.05 Å². The number of benzene rings is 1. The lowest BCUT2D eigenvalue weighted by Gasteiger charge is -2.13. The first-order valence-corrected chi connectivity index (χ1v) is 11.6. The zero-order chi connectivity index (χ0) is 27.0. The maximum Gasteiger partial charge on any atom is 0.434 e. The molecule has 0 spiro atoms. The predicted molar refractivity (Wildman–Crippen MR) is 130 cm³/mol. The smallest absolute Gasteiger partial charge is 0.434 e.